The van der Waals surface area contributed by atoms with E-state index in [9.17, 15) is 4.79 Å². The van der Waals surface area contributed by atoms with Gasteiger partial charge in [0.2, 0.25) is 5.91 Å². The summed E-state index contributed by atoms with van der Waals surface area (Å²) < 4.78 is 5.40. The first-order chi connectivity index (χ1) is 9.43. The number of anilines is 1. The predicted octanol–water partition coefficient (Wildman–Crippen LogP) is 2.39. The molecular formula is C16H24N2O2. The maximum Gasteiger partial charge on any atom is 0.228 e. The van der Waals surface area contributed by atoms with Crippen LogP contribution in [0.1, 0.15) is 20.8 Å². The maximum absolute atomic E-state index is 12.3. The van der Waals surface area contributed by atoms with Gasteiger partial charge in [-0.05, 0) is 12.1 Å². The van der Waals surface area contributed by atoms with Crippen LogP contribution < -0.4 is 9.64 Å². The highest BCUT2D eigenvalue weighted by molar-refractivity contribution is 5.81. The lowest BCUT2D eigenvalue weighted by atomic mass is 9.94. The summed E-state index contributed by atoms with van der Waals surface area (Å²) in [7, 11) is 1.69. The second-order valence-electron chi connectivity index (χ2n) is 6.20. The van der Waals surface area contributed by atoms with E-state index in [0.717, 1.165) is 37.6 Å². The highest BCUT2D eigenvalue weighted by atomic mass is 16.5. The lowest BCUT2D eigenvalue weighted by Gasteiger charge is -2.39. The number of rotatable bonds is 2. The Kier molecular flexibility index (Phi) is 4.21. The Hall–Kier alpha value is -1.71. The molecule has 110 valence electrons. The SMILES string of the molecule is COc1ccccc1N1CCN(C(=O)C(C)(C)C)CC1. The molecule has 4 nitrogen and oxygen atoms in total. The number of nitrogens with zero attached hydrogens (tertiary/aromatic N) is 2. The van der Waals surface area contributed by atoms with E-state index in [1.807, 2.05) is 43.9 Å². The van der Waals surface area contributed by atoms with Crippen LogP contribution in [-0.2, 0) is 4.79 Å². The average Bonchev–Trinajstić information content (AvgIpc) is 2.45. The van der Waals surface area contributed by atoms with Gasteiger partial charge in [-0.1, -0.05) is 32.9 Å². The highest BCUT2D eigenvalue weighted by Gasteiger charge is 2.30. The first kappa shape index (κ1) is 14.7. The van der Waals surface area contributed by atoms with Gasteiger partial charge in [0.25, 0.3) is 0 Å². The number of carbonyl (C=O) groups is 1. The third-order valence-electron chi connectivity index (χ3n) is 3.63. The van der Waals surface area contributed by atoms with Gasteiger partial charge in [-0.15, -0.1) is 0 Å². The second kappa shape index (κ2) is 5.73. The summed E-state index contributed by atoms with van der Waals surface area (Å²) in [5.74, 6) is 1.13. The van der Waals surface area contributed by atoms with Crippen LogP contribution in [0, 0.1) is 5.41 Å². The molecule has 0 unspecified atom stereocenters. The second-order valence-corrected chi connectivity index (χ2v) is 6.20. The van der Waals surface area contributed by atoms with Gasteiger partial charge in [0.1, 0.15) is 5.75 Å². The Morgan fingerprint density at radius 3 is 2.25 bits per heavy atom. The fourth-order valence-corrected chi connectivity index (χ4v) is 2.52. The summed E-state index contributed by atoms with van der Waals surface area (Å²) >= 11 is 0. The Morgan fingerprint density at radius 2 is 1.70 bits per heavy atom. The van der Waals surface area contributed by atoms with E-state index in [1.54, 1.807) is 7.11 Å². The Bertz CT molecular complexity index is 472. The number of para-hydroxylation sites is 2. The Morgan fingerprint density at radius 1 is 1.10 bits per heavy atom. The first-order valence-electron chi connectivity index (χ1n) is 7.11. The first-order valence-corrected chi connectivity index (χ1v) is 7.11. The number of amides is 1. The zero-order chi connectivity index (χ0) is 14.8. The number of ether oxygens (including phenoxy) is 1. The molecule has 0 N–H and O–H groups in total. The third-order valence-corrected chi connectivity index (χ3v) is 3.63. The number of hydrogen-bond donors (Lipinski definition) is 0. The maximum atomic E-state index is 12.3. The molecule has 1 aliphatic rings. The van der Waals surface area contributed by atoms with Crippen molar-refractivity contribution in [1.29, 1.82) is 0 Å². The average molecular weight is 276 g/mol. The summed E-state index contributed by atoms with van der Waals surface area (Å²) in [4.78, 5) is 16.5. The lowest BCUT2D eigenvalue weighted by Crippen LogP contribution is -2.51. The van der Waals surface area contributed by atoms with Gasteiger partial charge in [-0.3, -0.25) is 4.79 Å². The van der Waals surface area contributed by atoms with E-state index < -0.39 is 0 Å². The normalized spacial score (nSPS) is 16.2. The third kappa shape index (κ3) is 3.06. The van der Waals surface area contributed by atoms with E-state index in [4.69, 9.17) is 4.74 Å². The van der Waals surface area contributed by atoms with Crippen molar-refractivity contribution in [2.75, 3.05) is 38.2 Å². The Labute approximate surface area is 121 Å². The molecule has 4 heteroatoms. The fourth-order valence-electron chi connectivity index (χ4n) is 2.52. The van der Waals surface area contributed by atoms with E-state index in [-0.39, 0.29) is 11.3 Å². The molecule has 0 atom stereocenters. The Balaban J connectivity index is 2.03. The molecular weight excluding hydrogens is 252 g/mol. The van der Waals surface area contributed by atoms with Crippen molar-refractivity contribution in [3.63, 3.8) is 0 Å². The van der Waals surface area contributed by atoms with Crippen molar-refractivity contribution in [2.24, 2.45) is 5.41 Å². The molecule has 20 heavy (non-hydrogen) atoms. The zero-order valence-electron chi connectivity index (χ0n) is 12.8. The minimum atomic E-state index is -0.299. The van der Waals surface area contributed by atoms with Gasteiger partial charge in [-0.2, -0.15) is 0 Å². The van der Waals surface area contributed by atoms with Gasteiger partial charge in [0, 0.05) is 31.6 Å². The molecule has 1 amide bonds. The van der Waals surface area contributed by atoms with Gasteiger partial charge in [0.05, 0.1) is 12.8 Å². The number of methoxy groups -OCH3 is 1. The molecule has 1 aromatic carbocycles. The van der Waals surface area contributed by atoms with Gasteiger partial charge < -0.3 is 14.5 Å². The quantitative estimate of drug-likeness (QED) is 0.831. The van der Waals surface area contributed by atoms with Crippen molar-refractivity contribution < 1.29 is 9.53 Å². The number of benzene rings is 1. The van der Waals surface area contributed by atoms with Crippen molar-refractivity contribution in [2.45, 2.75) is 20.8 Å². The van der Waals surface area contributed by atoms with Gasteiger partial charge >= 0.3 is 0 Å². The topological polar surface area (TPSA) is 32.8 Å². The molecule has 1 saturated heterocycles. The zero-order valence-corrected chi connectivity index (χ0v) is 12.8. The van der Waals surface area contributed by atoms with Crippen LogP contribution in [-0.4, -0.2) is 44.1 Å². The van der Waals surface area contributed by atoms with Crippen molar-refractivity contribution in [3.8, 4) is 5.75 Å². The fraction of sp³-hybridized carbons (Fsp3) is 0.562. The van der Waals surface area contributed by atoms with E-state index >= 15 is 0 Å². The summed E-state index contributed by atoms with van der Waals surface area (Å²) in [6.45, 7) is 9.17. The molecule has 2 rings (SSSR count). The molecule has 1 aromatic rings. The molecule has 1 heterocycles. The van der Waals surface area contributed by atoms with Crippen molar-refractivity contribution in [3.05, 3.63) is 24.3 Å². The molecule has 0 bridgehead atoms. The monoisotopic (exact) mass is 276 g/mol. The minimum Gasteiger partial charge on any atom is -0.495 e. The molecule has 1 fully saturated rings. The lowest BCUT2D eigenvalue weighted by molar-refractivity contribution is -0.139. The smallest absolute Gasteiger partial charge is 0.228 e. The molecule has 0 aliphatic carbocycles. The van der Waals surface area contributed by atoms with Crippen LogP contribution >= 0.6 is 0 Å². The summed E-state index contributed by atoms with van der Waals surface area (Å²) in [6, 6.07) is 8.04. The summed E-state index contributed by atoms with van der Waals surface area (Å²) in [6.07, 6.45) is 0. The van der Waals surface area contributed by atoms with Gasteiger partial charge in [-0.25, -0.2) is 0 Å². The van der Waals surface area contributed by atoms with Crippen LogP contribution in [0.3, 0.4) is 0 Å². The highest BCUT2D eigenvalue weighted by Crippen LogP contribution is 2.29. The molecule has 0 aromatic heterocycles. The van der Waals surface area contributed by atoms with E-state index in [2.05, 4.69) is 11.0 Å². The number of carbonyl (C=O) groups excluding carboxylic acids is 1. The standard InChI is InChI=1S/C16H24N2O2/c1-16(2,3)15(19)18-11-9-17(10-12-18)13-7-5-6-8-14(13)20-4/h5-8H,9-12H2,1-4H3. The van der Waals surface area contributed by atoms with E-state index in [0.29, 0.717) is 0 Å². The largest absolute Gasteiger partial charge is 0.495 e. The van der Waals surface area contributed by atoms with Crippen LogP contribution in [0.25, 0.3) is 0 Å². The van der Waals surface area contributed by atoms with E-state index in [1.165, 1.54) is 0 Å². The molecule has 0 radical (unpaired) electrons. The number of hydrogen-bond acceptors (Lipinski definition) is 3. The van der Waals surface area contributed by atoms with Crippen LogP contribution in [0.5, 0.6) is 5.75 Å². The molecule has 0 saturated carbocycles. The summed E-state index contributed by atoms with van der Waals surface area (Å²) in [5, 5.41) is 0. The van der Waals surface area contributed by atoms with Crippen LogP contribution in [0.2, 0.25) is 0 Å². The van der Waals surface area contributed by atoms with Crippen molar-refractivity contribution >= 4 is 11.6 Å². The van der Waals surface area contributed by atoms with Gasteiger partial charge in [0.15, 0.2) is 0 Å². The molecule has 1 aliphatic heterocycles. The molecule has 0 spiro atoms. The number of piperazine rings is 1. The minimum absolute atomic E-state index is 0.233. The van der Waals surface area contributed by atoms with Crippen molar-refractivity contribution in [1.82, 2.24) is 4.90 Å². The summed E-state index contributed by atoms with van der Waals surface area (Å²) in [5.41, 5.74) is 0.810. The van der Waals surface area contributed by atoms with Crippen LogP contribution in [0.15, 0.2) is 24.3 Å². The predicted molar refractivity (Wildman–Crippen MR) is 81.2 cm³/mol. The van der Waals surface area contributed by atoms with Crippen LogP contribution in [0.4, 0.5) is 5.69 Å².